The summed E-state index contributed by atoms with van der Waals surface area (Å²) in [6.07, 6.45) is 0. The average molecular weight is 359 g/mol. The summed E-state index contributed by atoms with van der Waals surface area (Å²) >= 11 is 0. The number of piperazine rings is 1. The van der Waals surface area contributed by atoms with Gasteiger partial charge in [-0.25, -0.2) is 4.39 Å². The van der Waals surface area contributed by atoms with Crippen molar-refractivity contribution in [1.29, 1.82) is 5.41 Å². The van der Waals surface area contributed by atoms with Gasteiger partial charge in [-0.05, 0) is 64.6 Å². The standard InChI is InChI=1S/C19H27BFN3O2/c1-18(2)19(3,4)26-20(25-18)16(15-12-24(5)11-10-23-15)17(22)13-6-8-14(21)9-7-13/h6-9,22-23H,10-12H2,1-5H3/b16-15+,22-17?. The maximum atomic E-state index is 13.3. The highest BCUT2D eigenvalue weighted by atomic mass is 19.1. The van der Waals surface area contributed by atoms with Crippen LogP contribution in [0, 0.1) is 11.2 Å². The molecule has 140 valence electrons. The lowest BCUT2D eigenvalue weighted by Crippen LogP contribution is -2.43. The molecule has 0 radical (unpaired) electrons. The lowest BCUT2D eigenvalue weighted by molar-refractivity contribution is 0.00578. The van der Waals surface area contributed by atoms with Gasteiger partial charge in [0.2, 0.25) is 0 Å². The Morgan fingerprint density at radius 3 is 2.27 bits per heavy atom. The van der Waals surface area contributed by atoms with Gasteiger partial charge in [-0.15, -0.1) is 0 Å². The van der Waals surface area contributed by atoms with Gasteiger partial charge in [0.15, 0.2) is 0 Å². The second kappa shape index (κ2) is 6.80. The fourth-order valence-electron chi connectivity index (χ4n) is 3.13. The zero-order chi connectivity index (χ0) is 19.1. The van der Waals surface area contributed by atoms with Crippen LogP contribution >= 0.6 is 0 Å². The van der Waals surface area contributed by atoms with Crippen LogP contribution in [-0.4, -0.2) is 55.6 Å². The second-order valence-corrected chi connectivity index (χ2v) is 8.03. The van der Waals surface area contributed by atoms with Crippen molar-refractivity contribution in [1.82, 2.24) is 10.2 Å². The van der Waals surface area contributed by atoms with E-state index >= 15 is 0 Å². The normalized spacial score (nSPS) is 24.3. The third-order valence-corrected chi connectivity index (χ3v) is 5.48. The zero-order valence-corrected chi connectivity index (χ0v) is 16.1. The minimum absolute atomic E-state index is 0.293. The maximum Gasteiger partial charge on any atom is 0.498 e. The molecule has 2 fully saturated rings. The highest BCUT2D eigenvalue weighted by Crippen LogP contribution is 2.39. The van der Waals surface area contributed by atoms with Crippen LogP contribution in [0.5, 0.6) is 0 Å². The number of rotatable bonds is 3. The summed E-state index contributed by atoms with van der Waals surface area (Å²) in [6.45, 7) is 10.4. The Labute approximate surface area is 155 Å². The Morgan fingerprint density at radius 1 is 1.15 bits per heavy atom. The molecular weight excluding hydrogens is 332 g/mol. The van der Waals surface area contributed by atoms with Gasteiger partial charge in [-0.1, -0.05) is 0 Å². The molecule has 1 aromatic rings. The fraction of sp³-hybridized carbons (Fsp3) is 0.526. The molecule has 0 saturated carbocycles. The third kappa shape index (κ3) is 3.56. The van der Waals surface area contributed by atoms with Gasteiger partial charge in [0.1, 0.15) is 5.82 Å². The van der Waals surface area contributed by atoms with Crippen LogP contribution in [0.2, 0.25) is 0 Å². The van der Waals surface area contributed by atoms with Crippen molar-refractivity contribution >= 4 is 12.8 Å². The van der Waals surface area contributed by atoms with Crippen molar-refractivity contribution in [2.24, 2.45) is 0 Å². The predicted octanol–water partition coefficient (Wildman–Crippen LogP) is 2.61. The summed E-state index contributed by atoms with van der Waals surface area (Å²) in [7, 11) is 1.40. The summed E-state index contributed by atoms with van der Waals surface area (Å²) < 4.78 is 25.8. The van der Waals surface area contributed by atoms with Gasteiger partial charge in [-0.3, -0.25) is 4.90 Å². The first-order chi connectivity index (χ1) is 12.1. The first-order valence-electron chi connectivity index (χ1n) is 8.97. The molecule has 0 aliphatic carbocycles. The second-order valence-electron chi connectivity index (χ2n) is 8.03. The van der Waals surface area contributed by atoms with E-state index in [0.717, 1.165) is 18.8 Å². The third-order valence-electron chi connectivity index (χ3n) is 5.48. The highest BCUT2D eigenvalue weighted by Gasteiger charge is 2.53. The van der Waals surface area contributed by atoms with Crippen LogP contribution in [0.1, 0.15) is 33.3 Å². The molecule has 2 aliphatic rings. The number of allylic oxidation sites excluding steroid dienone is 1. The van der Waals surface area contributed by atoms with E-state index in [1.807, 2.05) is 34.7 Å². The summed E-state index contributed by atoms with van der Waals surface area (Å²) in [4.78, 5) is 2.19. The molecular formula is C19H27BFN3O2. The molecule has 0 aromatic heterocycles. The largest absolute Gasteiger partial charge is 0.498 e. The molecule has 26 heavy (non-hydrogen) atoms. The predicted molar refractivity (Wildman–Crippen MR) is 102 cm³/mol. The molecule has 2 heterocycles. The van der Waals surface area contributed by atoms with Gasteiger partial charge in [-0.2, -0.15) is 0 Å². The first kappa shape index (κ1) is 19.1. The molecule has 5 nitrogen and oxygen atoms in total. The van der Waals surface area contributed by atoms with Crippen LogP contribution in [0.3, 0.4) is 0 Å². The van der Waals surface area contributed by atoms with E-state index in [1.165, 1.54) is 12.1 Å². The number of nitrogens with zero attached hydrogens (tertiary/aromatic N) is 1. The minimum atomic E-state index is -0.647. The van der Waals surface area contributed by atoms with Gasteiger partial charge < -0.3 is 20.0 Å². The Bertz CT molecular complexity index is 715. The molecule has 0 atom stereocenters. The van der Waals surface area contributed by atoms with Gasteiger partial charge in [0, 0.05) is 30.8 Å². The van der Waals surface area contributed by atoms with Crippen molar-refractivity contribution in [3.63, 3.8) is 0 Å². The van der Waals surface area contributed by atoms with E-state index in [2.05, 4.69) is 10.2 Å². The summed E-state index contributed by atoms with van der Waals surface area (Å²) in [5, 5.41) is 12.2. The van der Waals surface area contributed by atoms with E-state index in [1.54, 1.807) is 12.1 Å². The highest BCUT2D eigenvalue weighted by molar-refractivity contribution is 6.63. The van der Waals surface area contributed by atoms with E-state index < -0.39 is 18.3 Å². The number of benzene rings is 1. The molecule has 2 aliphatic heterocycles. The van der Waals surface area contributed by atoms with Gasteiger partial charge in [0.25, 0.3) is 0 Å². The number of likely N-dealkylation sites (N-methyl/N-ethyl adjacent to an activating group) is 1. The number of nitrogens with one attached hydrogen (secondary N) is 2. The summed E-state index contributed by atoms with van der Waals surface area (Å²) in [6, 6.07) is 5.99. The molecule has 1 aromatic carbocycles. The Morgan fingerprint density at radius 2 is 1.73 bits per heavy atom. The lowest BCUT2D eigenvalue weighted by atomic mass is 9.72. The summed E-state index contributed by atoms with van der Waals surface area (Å²) in [5.74, 6) is -0.318. The topological polar surface area (TPSA) is 57.6 Å². The van der Waals surface area contributed by atoms with Crippen molar-refractivity contribution < 1.29 is 13.7 Å². The summed E-state index contributed by atoms with van der Waals surface area (Å²) in [5.41, 5.74) is 1.55. The fourth-order valence-corrected chi connectivity index (χ4v) is 3.13. The number of hydrogen-bond acceptors (Lipinski definition) is 5. The van der Waals surface area contributed by atoms with Crippen molar-refractivity contribution in [3.8, 4) is 0 Å². The number of hydrogen-bond donors (Lipinski definition) is 2. The smallest absolute Gasteiger partial charge is 0.399 e. The molecule has 7 heteroatoms. The van der Waals surface area contributed by atoms with Crippen molar-refractivity contribution in [2.45, 2.75) is 38.9 Å². The SMILES string of the molecule is CN1CCN/C(=C(/B2OC(C)(C)C(C)(C)O2)C(=N)c2ccc(F)cc2)C1. The van der Waals surface area contributed by atoms with Crippen molar-refractivity contribution in [3.05, 3.63) is 46.8 Å². The number of halogens is 1. The maximum absolute atomic E-state index is 13.3. The van der Waals surface area contributed by atoms with Gasteiger partial charge in [0.05, 0.1) is 16.9 Å². The molecule has 0 amide bonds. The molecule has 2 saturated heterocycles. The van der Waals surface area contributed by atoms with Crippen LogP contribution in [-0.2, 0) is 9.31 Å². The van der Waals surface area contributed by atoms with Crippen molar-refractivity contribution in [2.75, 3.05) is 26.7 Å². The van der Waals surface area contributed by atoms with E-state index in [9.17, 15) is 4.39 Å². The minimum Gasteiger partial charge on any atom is -0.399 e. The van der Waals surface area contributed by atoms with Crippen LogP contribution in [0.25, 0.3) is 0 Å². The molecule has 3 rings (SSSR count). The Balaban J connectivity index is 2.02. The quantitative estimate of drug-likeness (QED) is 0.644. The Hall–Kier alpha value is -1.70. The zero-order valence-electron chi connectivity index (χ0n) is 16.1. The van der Waals surface area contributed by atoms with Crippen LogP contribution < -0.4 is 5.32 Å². The monoisotopic (exact) mass is 359 g/mol. The van der Waals surface area contributed by atoms with Crippen LogP contribution in [0.15, 0.2) is 35.4 Å². The van der Waals surface area contributed by atoms with Gasteiger partial charge >= 0.3 is 7.12 Å². The van der Waals surface area contributed by atoms with E-state index in [4.69, 9.17) is 14.7 Å². The molecule has 2 N–H and O–H groups in total. The first-order valence-corrected chi connectivity index (χ1v) is 8.97. The molecule has 0 spiro atoms. The lowest BCUT2D eigenvalue weighted by Gasteiger charge is -2.32. The van der Waals surface area contributed by atoms with E-state index in [0.29, 0.717) is 23.3 Å². The molecule has 0 bridgehead atoms. The Kier molecular flexibility index (Phi) is 4.99. The van der Waals surface area contributed by atoms with Crippen LogP contribution in [0.4, 0.5) is 4.39 Å². The molecule has 0 unspecified atom stereocenters. The average Bonchev–Trinajstić information content (AvgIpc) is 2.75. The van der Waals surface area contributed by atoms with E-state index in [-0.39, 0.29) is 5.82 Å².